The number of alkyl halides is 14. The fourth-order valence-electron chi connectivity index (χ4n) is 1.50. The molecule has 1 nitrogen and oxygen atoms in total. The van der Waals surface area contributed by atoms with Crippen LogP contribution in [0.3, 0.4) is 0 Å². The van der Waals surface area contributed by atoms with Crippen LogP contribution in [0.4, 0.5) is 61.5 Å². The molecule has 0 aliphatic carbocycles. The smallest absolute Gasteiger partial charge is 0.378 e. The van der Waals surface area contributed by atoms with E-state index in [9.17, 15) is 61.5 Å². The zero-order valence-electron chi connectivity index (χ0n) is 12.4. The Labute approximate surface area is 136 Å². The van der Waals surface area contributed by atoms with Crippen LogP contribution in [-0.2, 0) is 0 Å². The van der Waals surface area contributed by atoms with Crippen molar-refractivity contribution in [1.82, 2.24) is 0 Å². The molecule has 15 heteroatoms. The van der Waals surface area contributed by atoms with Crippen molar-refractivity contribution in [3.63, 3.8) is 0 Å². The molecule has 0 aromatic carbocycles. The minimum Gasteiger partial charge on any atom is -0.390 e. The van der Waals surface area contributed by atoms with Crippen LogP contribution in [0.15, 0.2) is 0 Å². The molecule has 1 N–H and O–H groups in total. The molecule has 26 heavy (non-hydrogen) atoms. The van der Waals surface area contributed by atoms with Crippen molar-refractivity contribution < 1.29 is 66.6 Å². The van der Waals surface area contributed by atoms with E-state index in [0.29, 0.717) is 0 Å². The summed E-state index contributed by atoms with van der Waals surface area (Å²) >= 11 is 0. The normalized spacial score (nSPS) is 16.2. The molecule has 0 radical (unpaired) electrons. The van der Waals surface area contributed by atoms with E-state index in [1.54, 1.807) is 0 Å². The molecule has 0 saturated carbocycles. The van der Waals surface area contributed by atoms with Crippen molar-refractivity contribution in [3.05, 3.63) is 0 Å². The SMILES string of the molecule is CC(F)(F)C(F)(F)C(F)(F)C(F)(F)CCC(F)(F)C(F)(F)C(F)(F)CO. The van der Waals surface area contributed by atoms with Crippen LogP contribution in [-0.4, -0.2) is 53.2 Å². The van der Waals surface area contributed by atoms with Gasteiger partial charge in [-0.25, -0.2) is 0 Å². The van der Waals surface area contributed by atoms with E-state index in [2.05, 4.69) is 0 Å². The summed E-state index contributed by atoms with van der Waals surface area (Å²) in [5, 5.41) is 7.93. The molecule has 0 aromatic rings. The second kappa shape index (κ2) is 6.55. The summed E-state index contributed by atoms with van der Waals surface area (Å²) in [5.41, 5.74) is 0. The van der Waals surface area contributed by atoms with Crippen LogP contribution in [0, 0.1) is 0 Å². The number of hydrogen-bond donors (Lipinski definition) is 1. The maximum absolute atomic E-state index is 13.1. The number of halogens is 14. The summed E-state index contributed by atoms with van der Waals surface area (Å²) in [7, 11) is 0. The van der Waals surface area contributed by atoms with Crippen LogP contribution >= 0.6 is 0 Å². The van der Waals surface area contributed by atoms with E-state index in [-0.39, 0.29) is 0 Å². The Morgan fingerprint density at radius 3 is 1.08 bits per heavy atom. The van der Waals surface area contributed by atoms with Gasteiger partial charge in [-0.15, -0.1) is 0 Å². The molecule has 0 aliphatic heterocycles. The van der Waals surface area contributed by atoms with Gasteiger partial charge in [-0.1, -0.05) is 0 Å². The molecule has 158 valence electrons. The summed E-state index contributed by atoms with van der Waals surface area (Å²) in [6.45, 7) is -3.77. The summed E-state index contributed by atoms with van der Waals surface area (Å²) in [5.74, 6) is -44.5. The first kappa shape index (κ1) is 25.0. The first-order valence-electron chi connectivity index (χ1n) is 6.27. The Kier molecular flexibility index (Phi) is 6.29. The Balaban J connectivity index is 5.66. The fraction of sp³-hybridized carbons (Fsp3) is 1.00. The molecule has 0 aliphatic rings. The summed E-state index contributed by atoms with van der Waals surface area (Å²) in [4.78, 5) is 0. The second-order valence-corrected chi connectivity index (χ2v) is 5.38. The molecule has 0 atom stereocenters. The molecule has 0 unspecified atom stereocenters. The first-order chi connectivity index (χ1) is 11.0. The van der Waals surface area contributed by atoms with Crippen LogP contribution < -0.4 is 0 Å². The van der Waals surface area contributed by atoms with Crippen LogP contribution in [0.2, 0.25) is 0 Å². The van der Waals surface area contributed by atoms with Gasteiger partial charge in [0, 0.05) is 19.8 Å². The lowest BCUT2D eigenvalue weighted by atomic mass is 9.92. The quantitative estimate of drug-likeness (QED) is 0.503. The minimum absolute atomic E-state index is 0.887. The summed E-state index contributed by atoms with van der Waals surface area (Å²) < 4.78 is 180. The second-order valence-electron chi connectivity index (χ2n) is 5.38. The highest BCUT2D eigenvalue weighted by Crippen LogP contribution is 2.55. The van der Waals surface area contributed by atoms with Gasteiger partial charge in [-0.05, 0) is 0 Å². The van der Waals surface area contributed by atoms with Gasteiger partial charge in [0.05, 0.1) is 0 Å². The third-order valence-corrected chi connectivity index (χ3v) is 3.28. The molecule has 0 fully saturated rings. The summed E-state index contributed by atoms with van der Waals surface area (Å²) in [6, 6.07) is 0. The molecular formula is C11H10F14O. The largest absolute Gasteiger partial charge is 0.390 e. The van der Waals surface area contributed by atoms with Crippen molar-refractivity contribution in [2.24, 2.45) is 0 Å². The van der Waals surface area contributed by atoms with Crippen molar-refractivity contribution >= 4 is 0 Å². The predicted molar refractivity (Wildman–Crippen MR) is 56.6 cm³/mol. The van der Waals surface area contributed by atoms with E-state index in [1.807, 2.05) is 0 Å². The number of hydrogen-bond acceptors (Lipinski definition) is 1. The number of rotatable bonds is 9. The average Bonchev–Trinajstić information content (AvgIpc) is 2.43. The first-order valence-corrected chi connectivity index (χ1v) is 6.27. The van der Waals surface area contributed by atoms with Gasteiger partial charge in [0.2, 0.25) is 0 Å². The monoisotopic (exact) mass is 424 g/mol. The van der Waals surface area contributed by atoms with E-state index < -0.39 is 67.8 Å². The highest BCUT2D eigenvalue weighted by Gasteiger charge is 2.79. The van der Waals surface area contributed by atoms with Gasteiger partial charge in [0.25, 0.3) is 0 Å². The van der Waals surface area contributed by atoms with Gasteiger partial charge >= 0.3 is 41.5 Å². The lowest BCUT2D eigenvalue weighted by Gasteiger charge is -2.37. The Morgan fingerprint density at radius 2 is 0.808 bits per heavy atom. The third-order valence-electron chi connectivity index (χ3n) is 3.28. The number of aliphatic hydroxyl groups is 1. The molecule has 0 saturated heterocycles. The van der Waals surface area contributed by atoms with Gasteiger partial charge in [0.1, 0.15) is 6.61 Å². The van der Waals surface area contributed by atoms with Gasteiger partial charge in [-0.2, -0.15) is 61.5 Å². The molecule has 0 heterocycles. The molecule has 0 bridgehead atoms. The van der Waals surface area contributed by atoms with Gasteiger partial charge in [0.15, 0.2) is 0 Å². The maximum Gasteiger partial charge on any atom is 0.378 e. The molecule has 0 rings (SSSR count). The Morgan fingerprint density at radius 1 is 0.500 bits per heavy atom. The summed E-state index contributed by atoms with van der Waals surface area (Å²) in [6.07, 6.45) is -6.47. The highest BCUT2D eigenvalue weighted by atomic mass is 19.4. The zero-order valence-corrected chi connectivity index (χ0v) is 12.4. The van der Waals surface area contributed by atoms with Crippen molar-refractivity contribution in [2.75, 3.05) is 6.61 Å². The molecule has 0 spiro atoms. The minimum atomic E-state index is -6.98. The van der Waals surface area contributed by atoms with Crippen molar-refractivity contribution in [3.8, 4) is 0 Å². The van der Waals surface area contributed by atoms with Crippen LogP contribution in [0.1, 0.15) is 19.8 Å². The van der Waals surface area contributed by atoms with E-state index >= 15 is 0 Å². The predicted octanol–water partition coefficient (Wildman–Crippen LogP) is 5.23. The van der Waals surface area contributed by atoms with E-state index in [0.717, 1.165) is 0 Å². The third kappa shape index (κ3) is 3.81. The highest BCUT2D eigenvalue weighted by molar-refractivity contribution is 5.04. The lowest BCUT2D eigenvalue weighted by molar-refractivity contribution is -0.367. The zero-order chi connectivity index (χ0) is 21.6. The lowest BCUT2D eigenvalue weighted by Crippen LogP contribution is -2.62. The maximum atomic E-state index is 13.1. The Hall–Kier alpha value is -1.02. The average molecular weight is 424 g/mol. The fourth-order valence-corrected chi connectivity index (χ4v) is 1.50. The van der Waals surface area contributed by atoms with Crippen molar-refractivity contribution in [2.45, 2.75) is 61.2 Å². The standard InChI is InChI=1S/C11H10F14O/c1-5(12,13)9(20,21)11(24,25)7(16,17)3-2-6(14,15)10(22,23)8(18,19)4-26/h26H,2-4H2,1H3. The molecule has 0 aromatic heterocycles. The molecule has 0 amide bonds. The Bertz CT molecular complexity index is 492. The molecular weight excluding hydrogens is 414 g/mol. The van der Waals surface area contributed by atoms with E-state index in [1.165, 1.54) is 0 Å². The van der Waals surface area contributed by atoms with Crippen LogP contribution in [0.5, 0.6) is 0 Å². The van der Waals surface area contributed by atoms with E-state index in [4.69, 9.17) is 5.11 Å². The topological polar surface area (TPSA) is 20.2 Å². The van der Waals surface area contributed by atoms with Gasteiger partial charge in [-0.3, -0.25) is 0 Å². The van der Waals surface area contributed by atoms with Crippen molar-refractivity contribution in [1.29, 1.82) is 0 Å². The van der Waals surface area contributed by atoms with Gasteiger partial charge < -0.3 is 5.11 Å². The number of aliphatic hydroxyl groups excluding tert-OH is 1. The van der Waals surface area contributed by atoms with Crippen LogP contribution in [0.25, 0.3) is 0 Å².